The van der Waals surface area contributed by atoms with Gasteiger partial charge in [-0.15, -0.1) is 0 Å². The SMILES string of the molecule is Cc1cc(N)c2oc(CCc3ccccc3)nc2c1. The van der Waals surface area contributed by atoms with Gasteiger partial charge in [-0.05, 0) is 36.6 Å². The number of nitrogens with two attached hydrogens (primary N) is 1. The Hall–Kier alpha value is -2.29. The van der Waals surface area contributed by atoms with Crippen LogP contribution in [0.3, 0.4) is 0 Å². The second-order valence-corrected chi connectivity index (χ2v) is 4.80. The van der Waals surface area contributed by atoms with Gasteiger partial charge in [0.2, 0.25) is 0 Å². The van der Waals surface area contributed by atoms with Crippen molar-refractivity contribution in [3.05, 3.63) is 59.5 Å². The third kappa shape index (κ3) is 2.45. The van der Waals surface area contributed by atoms with Crippen LogP contribution in [0.5, 0.6) is 0 Å². The van der Waals surface area contributed by atoms with Crippen molar-refractivity contribution in [1.82, 2.24) is 4.98 Å². The molecule has 0 saturated heterocycles. The average molecular weight is 252 g/mol. The van der Waals surface area contributed by atoms with E-state index in [2.05, 4.69) is 17.1 Å². The molecule has 19 heavy (non-hydrogen) atoms. The van der Waals surface area contributed by atoms with Crippen LogP contribution >= 0.6 is 0 Å². The predicted octanol–water partition coefficient (Wildman–Crippen LogP) is 3.50. The second-order valence-electron chi connectivity index (χ2n) is 4.80. The van der Waals surface area contributed by atoms with Gasteiger partial charge in [0, 0.05) is 6.42 Å². The molecule has 0 aliphatic rings. The van der Waals surface area contributed by atoms with Gasteiger partial charge in [0.15, 0.2) is 11.5 Å². The summed E-state index contributed by atoms with van der Waals surface area (Å²) in [5.74, 6) is 0.746. The molecule has 0 unspecified atom stereocenters. The summed E-state index contributed by atoms with van der Waals surface area (Å²) in [4.78, 5) is 4.50. The smallest absolute Gasteiger partial charge is 0.195 e. The van der Waals surface area contributed by atoms with Gasteiger partial charge in [-0.1, -0.05) is 30.3 Å². The lowest BCUT2D eigenvalue weighted by molar-refractivity contribution is 0.529. The minimum Gasteiger partial charge on any atom is -0.439 e. The van der Waals surface area contributed by atoms with E-state index in [0.29, 0.717) is 11.3 Å². The number of oxazole rings is 1. The normalized spacial score (nSPS) is 11.0. The Bertz CT molecular complexity index is 701. The summed E-state index contributed by atoms with van der Waals surface area (Å²) in [5, 5.41) is 0. The van der Waals surface area contributed by atoms with Gasteiger partial charge >= 0.3 is 0 Å². The molecule has 0 radical (unpaired) electrons. The molecular formula is C16H16N2O. The summed E-state index contributed by atoms with van der Waals surface area (Å²) >= 11 is 0. The lowest BCUT2D eigenvalue weighted by Crippen LogP contribution is -1.90. The Morgan fingerprint density at radius 1 is 1.11 bits per heavy atom. The van der Waals surface area contributed by atoms with Crippen LogP contribution < -0.4 is 5.73 Å². The lowest BCUT2D eigenvalue weighted by atomic mass is 10.1. The highest BCUT2D eigenvalue weighted by molar-refractivity contribution is 5.85. The highest BCUT2D eigenvalue weighted by atomic mass is 16.3. The minimum absolute atomic E-state index is 0.661. The Balaban J connectivity index is 1.84. The van der Waals surface area contributed by atoms with Gasteiger partial charge in [0.1, 0.15) is 5.52 Å². The summed E-state index contributed by atoms with van der Waals surface area (Å²) < 4.78 is 5.74. The summed E-state index contributed by atoms with van der Waals surface area (Å²) in [6.45, 7) is 2.01. The summed E-state index contributed by atoms with van der Waals surface area (Å²) in [7, 11) is 0. The van der Waals surface area contributed by atoms with Crippen LogP contribution in [0.15, 0.2) is 46.9 Å². The van der Waals surface area contributed by atoms with Crippen molar-refractivity contribution < 1.29 is 4.42 Å². The molecule has 0 atom stereocenters. The summed E-state index contributed by atoms with van der Waals surface area (Å²) in [6, 6.07) is 14.2. The van der Waals surface area contributed by atoms with Crippen LogP contribution in [0.4, 0.5) is 5.69 Å². The maximum Gasteiger partial charge on any atom is 0.195 e. The van der Waals surface area contributed by atoms with Gasteiger partial charge in [-0.3, -0.25) is 0 Å². The average Bonchev–Trinajstić information content (AvgIpc) is 2.81. The second kappa shape index (κ2) is 4.76. The zero-order valence-corrected chi connectivity index (χ0v) is 10.9. The molecule has 96 valence electrons. The fourth-order valence-electron chi connectivity index (χ4n) is 2.25. The van der Waals surface area contributed by atoms with Crippen molar-refractivity contribution in [1.29, 1.82) is 0 Å². The first-order chi connectivity index (χ1) is 9.22. The van der Waals surface area contributed by atoms with E-state index in [1.807, 2.05) is 37.3 Å². The van der Waals surface area contributed by atoms with E-state index < -0.39 is 0 Å². The molecule has 0 fully saturated rings. The maximum atomic E-state index is 5.94. The van der Waals surface area contributed by atoms with Crippen molar-refractivity contribution in [3.8, 4) is 0 Å². The third-order valence-corrected chi connectivity index (χ3v) is 3.18. The van der Waals surface area contributed by atoms with Gasteiger partial charge in [-0.25, -0.2) is 4.98 Å². The fraction of sp³-hybridized carbons (Fsp3) is 0.188. The molecule has 0 aliphatic heterocycles. The molecule has 1 heterocycles. The van der Waals surface area contributed by atoms with Crippen LogP contribution in [0.1, 0.15) is 17.0 Å². The number of rotatable bonds is 3. The largest absolute Gasteiger partial charge is 0.439 e. The summed E-state index contributed by atoms with van der Waals surface area (Å²) in [6.07, 6.45) is 1.71. The van der Waals surface area contributed by atoms with E-state index in [9.17, 15) is 0 Å². The number of nitrogens with zero attached hydrogens (tertiary/aromatic N) is 1. The van der Waals surface area contributed by atoms with E-state index in [-0.39, 0.29) is 0 Å². The molecule has 3 nitrogen and oxygen atoms in total. The van der Waals surface area contributed by atoms with Crippen molar-refractivity contribution in [2.75, 3.05) is 5.73 Å². The molecule has 3 rings (SSSR count). The van der Waals surface area contributed by atoms with Crippen molar-refractivity contribution in [3.63, 3.8) is 0 Å². The van der Waals surface area contributed by atoms with Crippen LogP contribution in [0.2, 0.25) is 0 Å². The Morgan fingerprint density at radius 2 is 1.89 bits per heavy atom. The number of aromatic nitrogens is 1. The standard InChI is InChI=1S/C16H16N2O/c1-11-9-13(17)16-14(10-11)18-15(19-16)8-7-12-5-3-2-4-6-12/h2-6,9-10H,7-8,17H2,1H3. The molecule has 0 saturated carbocycles. The van der Waals surface area contributed by atoms with Gasteiger partial charge in [0.25, 0.3) is 0 Å². The molecule has 0 bridgehead atoms. The van der Waals surface area contributed by atoms with Crippen LogP contribution in [0.25, 0.3) is 11.1 Å². The van der Waals surface area contributed by atoms with Gasteiger partial charge in [-0.2, -0.15) is 0 Å². The molecule has 3 heteroatoms. The zero-order valence-electron chi connectivity index (χ0n) is 10.9. The first-order valence-corrected chi connectivity index (χ1v) is 6.42. The summed E-state index contributed by atoms with van der Waals surface area (Å²) in [5.41, 5.74) is 10.5. The number of hydrogen-bond donors (Lipinski definition) is 1. The number of nitrogen functional groups attached to an aromatic ring is 1. The maximum absolute atomic E-state index is 5.94. The Morgan fingerprint density at radius 3 is 2.68 bits per heavy atom. The molecule has 2 N–H and O–H groups in total. The quantitative estimate of drug-likeness (QED) is 0.726. The highest BCUT2D eigenvalue weighted by Gasteiger charge is 2.09. The van der Waals surface area contributed by atoms with E-state index >= 15 is 0 Å². The first kappa shape index (κ1) is 11.8. The number of anilines is 1. The first-order valence-electron chi connectivity index (χ1n) is 6.42. The number of benzene rings is 2. The minimum atomic E-state index is 0.661. The zero-order chi connectivity index (χ0) is 13.2. The molecule has 0 aliphatic carbocycles. The predicted molar refractivity (Wildman–Crippen MR) is 77.0 cm³/mol. The van der Waals surface area contributed by atoms with E-state index in [0.717, 1.165) is 29.8 Å². The molecule has 3 aromatic rings. The van der Waals surface area contributed by atoms with E-state index in [1.54, 1.807) is 0 Å². The van der Waals surface area contributed by atoms with Crippen molar-refractivity contribution in [2.45, 2.75) is 19.8 Å². The van der Waals surface area contributed by atoms with Crippen molar-refractivity contribution >= 4 is 16.8 Å². The monoisotopic (exact) mass is 252 g/mol. The Kier molecular flexibility index (Phi) is 2.95. The molecular weight excluding hydrogens is 236 g/mol. The number of fused-ring (bicyclic) bond motifs is 1. The molecule has 0 amide bonds. The van der Waals surface area contributed by atoms with E-state index in [1.165, 1.54) is 5.56 Å². The number of aryl methyl sites for hydroxylation is 3. The van der Waals surface area contributed by atoms with Crippen molar-refractivity contribution in [2.24, 2.45) is 0 Å². The molecule has 1 aromatic heterocycles. The lowest BCUT2D eigenvalue weighted by Gasteiger charge is -1.97. The number of hydrogen-bond acceptors (Lipinski definition) is 3. The third-order valence-electron chi connectivity index (χ3n) is 3.18. The van der Waals surface area contributed by atoms with Gasteiger partial charge < -0.3 is 10.2 Å². The highest BCUT2D eigenvalue weighted by Crippen LogP contribution is 2.24. The fourth-order valence-corrected chi connectivity index (χ4v) is 2.25. The van der Waals surface area contributed by atoms with Crippen LogP contribution in [0, 0.1) is 6.92 Å². The Labute approximate surface area is 112 Å². The van der Waals surface area contributed by atoms with E-state index in [4.69, 9.17) is 10.2 Å². The van der Waals surface area contributed by atoms with Crippen LogP contribution in [-0.4, -0.2) is 4.98 Å². The molecule has 0 spiro atoms. The molecule has 2 aromatic carbocycles. The van der Waals surface area contributed by atoms with Crippen LogP contribution in [-0.2, 0) is 12.8 Å². The van der Waals surface area contributed by atoms with Gasteiger partial charge in [0.05, 0.1) is 5.69 Å². The topological polar surface area (TPSA) is 52.0 Å².